The number of methoxy groups -OCH3 is 2. The highest BCUT2D eigenvalue weighted by Gasteiger charge is 2.25. The Morgan fingerprint density at radius 1 is 0.630 bits per heavy atom. The summed E-state index contributed by atoms with van der Waals surface area (Å²) < 4.78 is 11.6. The van der Waals surface area contributed by atoms with Crippen molar-refractivity contribution >= 4 is 50.7 Å². The van der Waals surface area contributed by atoms with Crippen molar-refractivity contribution in [3.63, 3.8) is 0 Å². The van der Waals surface area contributed by atoms with Gasteiger partial charge in [0.2, 0.25) is 0 Å². The van der Waals surface area contributed by atoms with E-state index >= 15 is 0 Å². The first-order valence-electron chi connectivity index (χ1n) is 8.74. The average molecular weight is 392 g/mol. The fourth-order valence-electron chi connectivity index (χ4n) is 3.51. The Hall–Kier alpha value is -2.22. The van der Waals surface area contributed by atoms with Crippen molar-refractivity contribution in [3.05, 3.63) is 72.8 Å². The van der Waals surface area contributed by atoms with Gasteiger partial charge in [-0.25, -0.2) is 0 Å². The Morgan fingerprint density at radius 2 is 1.07 bits per heavy atom. The van der Waals surface area contributed by atoms with Crippen LogP contribution in [-0.2, 0) is 0 Å². The maximum atomic E-state index is 5.81. The zero-order valence-electron chi connectivity index (χ0n) is 15.6. The molecule has 0 N–H and O–H groups in total. The van der Waals surface area contributed by atoms with E-state index in [-0.39, 0.29) is 0 Å². The molecule has 0 spiro atoms. The van der Waals surface area contributed by atoms with Crippen molar-refractivity contribution < 1.29 is 9.47 Å². The summed E-state index contributed by atoms with van der Waals surface area (Å²) >= 11 is 1.87. The van der Waals surface area contributed by atoms with E-state index in [1.54, 1.807) is 14.2 Å². The summed E-state index contributed by atoms with van der Waals surface area (Å²) in [7, 11) is 2.77. The zero-order chi connectivity index (χ0) is 18.8. The maximum absolute atomic E-state index is 5.81. The molecule has 0 radical (unpaired) electrons. The van der Waals surface area contributed by atoms with Crippen LogP contribution in [0.2, 0.25) is 0 Å². The SMILES string of the molecule is COc1ccc2ccccc2c1P(SC)c1c(OC)ccc2ccccc12. The van der Waals surface area contributed by atoms with Crippen LogP contribution in [0.15, 0.2) is 72.8 Å². The standard InChI is InChI=1S/C23H21O2PS/c1-24-20-14-12-16-8-4-6-10-18(16)22(20)26(27-3)23-19-11-7-5-9-17(19)13-15-21(23)25-2/h4-15H,1-3H3. The van der Waals surface area contributed by atoms with Gasteiger partial charge in [-0.15, -0.1) is 11.4 Å². The molecule has 4 aromatic carbocycles. The van der Waals surface area contributed by atoms with Crippen molar-refractivity contribution in [2.75, 3.05) is 20.5 Å². The van der Waals surface area contributed by atoms with E-state index in [9.17, 15) is 0 Å². The third-order valence-electron chi connectivity index (χ3n) is 4.76. The number of hydrogen-bond acceptors (Lipinski definition) is 3. The molecule has 136 valence electrons. The van der Waals surface area contributed by atoms with Crippen LogP contribution in [-0.4, -0.2) is 20.5 Å². The summed E-state index contributed by atoms with van der Waals surface area (Å²) in [4.78, 5) is 0. The molecule has 4 aromatic rings. The van der Waals surface area contributed by atoms with E-state index in [1.807, 2.05) is 11.4 Å². The number of rotatable bonds is 5. The summed E-state index contributed by atoms with van der Waals surface area (Å²) in [6, 6.07) is 25.5. The summed E-state index contributed by atoms with van der Waals surface area (Å²) in [5, 5.41) is 7.46. The van der Waals surface area contributed by atoms with Gasteiger partial charge in [0.25, 0.3) is 0 Å². The van der Waals surface area contributed by atoms with Crippen LogP contribution in [0.3, 0.4) is 0 Å². The largest absolute Gasteiger partial charge is 0.496 e. The molecule has 0 saturated carbocycles. The lowest BCUT2D eigenvalue weighted by Gasteiger charge is -2.24. The molecule has 0 aliphatic rings. The first-order chi connectivity index (χ1) is 13.3. The van der Waals surface area contributed by atoms with Crippen LogP contribution < -0.4 is 20.1 Å². The first kappa shape index (κ1) is 18.2. The average Bonchev–Trinajstić information content (AvgIpc) is 2.74. The molecule has 0 bridgehead atoms. The molecular formula is C23H21O2PS. The van der Waals surface area contributed by atoms with Gasteiger partial charge in [-0.3, -0.25) is 0 Å². The Labute approximate surface area is 165 Å². The smallest absolute Gasteiger partial charge is 0.128 e. The van der Waals surface area contributed by atoms with Gasteiger partial charge in [0.05, 0.1) is 14.2 Å². The number of ether oxygens (including phenoxy) is 2. The highest BCUT2D eigenvalue weighted by molar-refractivity contribution is 8.60. The van der Waals surface area contributed by atoms with Gasteiger partial charge in [-0.1, -0.05) is 60.7 Å². The fourth-order valence-corrected chi connectivity index (χ4v) is 7.90. The van der Waals surface area contributed by atoms with E-state index < -0.39 is 7.12 Å². The van der Waals surface area contributed by atoms with Gasteiger partial charge in [0.15, 0.2) is 0 Å². The topological polar surface area (TPSA) is 18.5 Å². The lowest BCUT2D eigenvalue weighted by Crippen LogP contribution is -2.16. The molecule has 0 amide bonds. The predicted molar refractivity (Wildman–Crippen MR) is 121 cm³/mol. The highest BCUT2D eigenvalue weighted by atomic mass is 32.7. The second-order valence-corrected chi connectivity index (χ2v) is 10.2. The molecule has 0 unspecified atom stereocenters. The van der Waals surface area contributed by atoms with Gasteiger partial charge in [0, 0.05) is 17.7 Å². The Kier molecular flexibility index (Phi) is 5.24. The lowest BCUT2D eigenvalue weighted by molar-refractivity contribution is 0.418. The van der Waals surface area contributed by atoms with Crippen LogP contribution >= 0.6 is 18.5 Å². The molecule has 4 rings (SSSR count). The molecular weight excluding hydrogens is 371 g/mol. The maximum Gasteiger partial charge on any atom is 0.128 e. The van der Waals surface area contributed by atoms with Crippen LogP contribution in [0.4, 0.5) is 0 Å². The van der Waals surface area contributed by atoms with Gasteiger partial charge < -0.3 is 9.47 Å². The summed E-state index contributed by atoms with van der Waals surface area (Å²) in [5.74, 6) is 1.87. The molecule has 0 aromatic heterocycles. The van der Waals surface area contributed by atoms with Crippen LogP contribution in [0.1, 0.15) is 0 Å². The molecule has 4 heteroatoms. The molecule has 0 aliphatic heterocycles. The second kappa shape index (κ2) is 7.80. The predicted octanol–water partition coefficient (Wildman–Crippen LogP) is 5.72. The Balaban J connectivity index is 2.08. The summed E-state index contributed by atoms with van der Waals surface area (Å²) in [6.45, 7) is 0. The van der Waals surface area contributed by atoms with E-state index in [0.29, 0.717) is 0 Å². The van der Waals surface area contributed by atoms with E-state index in [0.717, 1.165) is 11.5 Å². The van der Waals surface area contributed by atoms with E-state index in [4.69, 9.17) is 9.47 Å². The zero-order valence-corrected chi connectivity index (χ0v) is 17.3. The van der Waals surface area contributed by atoms with Gasteiger partial charge >= 0.3 is 0 Å². The number of hydrogen-bond donors (Lipinski definition) is 0. The molecule has 0 saturated heterocycles. The minimum Gasteiger partial charge on any atom is -0.496 e. The van der Waals surface area contributed by atoms with Crippen molar-refractivity contribution in [2.24, 2.45) is 0 Å². The third kappa shape index (κ3) is 3.16. The van der Waals surface area contributed by atoms with Gasteiger partial charge in [-0.2, -0.15) is 0 Å². The third-order valence-corrected chi connectivity index (χ3v) is 9.05. The monoisotopic (exact) mass is 392 g/mol. The minimum absolute atomic E-state index is 0.735. The van der Waals surface area contributed by atoms with Crippen LogP contribution in [0.5, 0.6) is 11.5 Å². The molecule has 0 atom stereocenters. The molecule has 27 heavy (non-hydrogen) atoms. The fraction of sp³-hybridized carbons (Fsp3) is 0.130. The van der Waals surface area contributed by atoms with Crippen molar-refractivity contribution in [1.82, 2.24) is 0 Å². The lowest BCUT2D eigenvalue weighted by atomic mass is 10.1. The number of benzene rings is 4. The van der Waals surface area contributed by atoms with Crippen molar-refractivity contribution in [1.29, 1.82) is 0 Å². The highest BCUT2D eigenvalue weighted by Crippen LogP contribution is 2.53. The Morgan fingerprint density at radius 3 is 1.48 bits per heavy atom. The molecule has 0 heterocycles. The van der Waals surface area contributed by atoms with Crippen LogP contribution in [0, 0.1) is 0 Å². The molecule has 0 fully saturated rings. The summed E-state index contributed by atoms with van der Waals surface area (Å²) in [5.41, 5.74) is 0. The second-order valence-electron chi connectivity index (χ2n) is 6.15. The van der Waals surface area contributed by atoms with Gasteiger partial charge in [0.1, 0.15) is 11.5 Å². The van der Waals surface area contributed by atoms with E-state index in [1.165, 1.54) is 32.2 Å². The van der Waals surface area contributed by atoms with E-state index in [2.05, 4.69) is 79.1 Å². The quantitative estimate of drug-likeness (QED) is 0.405. The molecule has 2 nitrogen and oxygen atoms in total. The minimum atomic E-state index is -0.735. The van der Waals surface area contributed by atoms with Crippen molar-refractivity contribution in [2.45, 2.75) is 0 Å². The number of fused-ring (bicyclic) bond motifs is 2. The molecule has 0 aliphatic carbocycles. The summed E-state index contributed by atoms with van der Waals surface area (Å²) in [6.07, 6.45) is 2.17. The first-order valence-corrected chi connectivity index (χ1v) is 11.9. The van der Waals surface area contributed by atoms with Crippen molar-refractivity contribution in [3.8, 4) is 11.5 Å². The normalized spacial score (nSPS) is 11.3. The van der Waals surface area contributed by atoms with Gasteiger partial charge in [-0.05, 0) is 39.9 Å². The Bertz CT molecular complexity index is 1020. The van der Waals surface area contributed by atoms with Crippen LogP contribution in [0.25, 0.3) is 21.5 Å².